The number of thioether (sulfide) groups is 1. The lowest BCUT2D eigenvalue weighted by Gasteiger charge is -2.22. The van der Waals surface area contributed by atoms with Crippen molar-refractivity contribution in [3.05, 3.63) is 67.5 Å². The number of urea groups is 1. The van der Waals surface area contributed by atoms with Gasteiger partial charge in [-0.05, 0) is 44.0 Å². The molecule has 3 aromatic rings. The van der Waals surface area contributed by atoms with E-state index >= 15 is 0 Å². The maximum absolute atomic E-state index is 14.3. The zero-order valence-corrected chi connectivity index (χ0v) is 24.2. The molecule has 0 N–H and O–H groups in total. The van der Waals surface area contributed by atoms with E-state index in [1.807, 2.05) is 6.07 Å². The Morgan fingerprint density at radius 3 is 2.45 bits per heavy atom. The highest BCUT2D eigenvalue weighted by atomic mass is 35.5. The number of rotatable bonds is 5. The van der Waals surface area contributed by atoms with Gasteiger partial charge in [-0.2, -0.15) is 23.0 Å². The van der Waals surface area contributed by atoms with Crippen LogP contribution >= 0.6 is 46.3 Å². The van der Waals surface area contributed by atoms with Crippen LogP contribution in [0.2, 0.25) is 9.36 Å². The lowest BCUT2D eigenvalue weighted by Crippen LogP contribution is -2.43. The average molecular weight is 632 g/mol. The molecule has 3 amide bonds. The van der Waals surface area contributed by atoms with Gasteiger partial charge in [0.15, 0.2) is 0 Å². The van der Waals surface area contributed by atoms with Crippen LogP contribution in [0.25, 0.3) is 0 Å². The number of imide groups is 1. The standard InChI is InChI=1S/C26H23Cl2F3N4O3S2/c1-14-21(20-17(26(29,30)31)12-34(23(20)37)25(38)33-10-4-5-11-33)32-35(22(36)16-6-2-3-7-18(16)27)24(14)39-13-15-8-9-19(28)40-15/h2-3,6-9,17,20H,4-5,10-13H2,1H3. The number of alkyl halides is 3. The molecule has 0 bridgehead atoms. The summed E-state index contributed by atoms with van der Waals surface area (Å²) in [6.45, 7) is 1.51. The molecule has 2 unspecified atom stereocenters. The van der Waals surface area contributed by atoms with Gasteiger partial charge in [0.2, 0.25) is 5.91 Å². The number of thiophene rings is 1. The molecule has 4 heterocycles. The Bertz CT molecular complexity index is 1470. The zero-order chi connectivity index (χ0) is 28.8. The van der Waals surface area contributed by atoms with Crippen LogP contribution in [0.1, 0.15) is 45.3 Å². The molecule has 5 rings (SSSR count). The van der Waals surface area contributed by atoms with Crippen LogP contribution in [0.15, 0.2) is 41.4 Å². The van der Waals surface area contributed by atoms with E-state index < -0.39 is 42.4 Å². The van der Waals surface area contributed by atoms with Crippen LogP contribution in [-0.2, 0) is 10.5 Å². The van der Waals surface area contributed by atoms with Crippen LogP contribution in [0.3, 0.4) is 0 Å². The number of carbonyl (C=O) groups excluding carboxylic acids is 3. The van der Waals surface area contributed by atoms with Crippen molar-refractivity contribution in [2.24, 2.45) is 5.92 Å². The second-order valence-corrected chi connectivity index (χ2v) is 12.7. The lowest BCUT2D eigenvalue weighted by molar-refractivity contribution is -0.175. The van der Waals surface area contributed by atoms with Gasteiger partial charge in [-0.3, -0.25) is 14.5 Å². The summed E-state index contributed by atoms with van der Waals surface area (Å²) in [7, 11) is 0. The molecular formula is C26H23Cl2F3N4O3S2. The minimum absolute atomic E-state index is 0.107. The summed E-state index contributed by atoms with van der Waals surface area (Å²) in [5.41, 5.74) is 0.183. The Morgan fingerprint density at radius 2 is 1.82 bits per heavy atom. The van der Waals surface area contributed by atoms with Crippen molar-refractivity contribution >= 4 is 64.1 Å². The quantitative estimate of drug-likeness (QED) is 0.288. The van der Waals surface area contributed by atoms with Gasteiger partial charge in [0.1, 0.15) is 5.03 Å². The predicted octanol–water partition coefficient (Wildman–Crippen LogP) is 6.86. The predicted molar refractivity (Wildman–Crippen MR) is 147 cm³/mol. The van der Waals surface area contributed by atoms with Gasteiger partial charge in [0, 0.05) is 35.8 Å². The Labute approximate surface area is 246 Å². The molecule has 40 heavy (non-hydrogen) atoms. The lowest BCUT2D eigenvalue weighted by atomic mass is 9.90. The summed E-state index contributed by atoms with van der Waals surface area (Å²) in [4.78, 5) is 43.1. The molecule has 2 aliphatic heterocycles. The molecule has 0 spiro atoms. The summed E-state index contributed by atoms with van der Waals surface area (Å²) in [6, 6.07) is 9.08. The highest BCUT2D eigenvalue weighted by Crippen LogP contribution is 2.46. The van der Waals surface area contributed by atoms with Crippen LogP contribution in [-0.4, -0.2) is 63.2 Å². The Balaban J connectivity index is 1.57. The van der Waals surface area contributed by atoms with Gasteiger partial charge >= 0.3 is 12.2 Å². The van der Waals surface area contributed by atoms with E-state index in [9.17, 15) is 27.6 Å². The number of amides is 3. The van der Waals surface area contributed by atoms with E-state index in [1.165, 1.54) is 47.1 Å². The third-order valence-electron chi connectivity index (χ3n) is 7.02. The topological polar surface area (TPSA) is 75.5 Å². The monoisotopic (exact) mass is 630 g/mol. The molecule has 0 saturated carbocycles. The fourth-order valence-corrected chi connectivity index (χ4v) is 7.45. The zero-order valence-electron chi connectivity index (χ0n) is 21.1. The molecule has 2 aromatic heterocycles. The third kappa shape index (κ3) is 5.50. The molecule has 2 aliphatic rings. The number of aromatic nitrogens is 2. The summed E-state index contributed by atoms with van der Waals surface area (Å²) in [5, 5.41) is 4.75. The van der Waals surface area contributed by atoms with E-state index in [-0.39, 0.29) is 26.9 Å². The number of hydrogen-bond donors (Lipinski definition) is 0. The Hall–Kier alpha value is -2.54. The maximum Gasteiger partial charge on any atom is 0.394 e. The molecule has 7 nitrogen and oxygen atoms in total. The molecule has 212 valence electrons. The molecule has 0 aliphatic carbocycles. The van der Waals surface area contributed by atoms with E-state index in [0.29, 0.717) is 28.1 Å². The van der Waals surface area contributed by atoms with Crippen molar-refractivity contribution in [1.29, 1.82) is 0 Å². The van der Waals surface area contributed by atoms with E-state index in [2.05, 4.69) is 5.10 Å². The van der Waals surface area contributed by atoms with Gasteiger partial charge in [-0.15, -0.1) is 23.1 Å². The Morgan fingerprint density at radius 1 is 1.12 bits per heavy atom. The molecule has 1 aromatic carbocycles. The van der Waals surface area contributed by atoms with Crippen molar-refractivity contribution < 1.29 is 27.6 Å². The minimum atomic E-state index is -4.79. The second kappa shape index (κ2) is 11.4. The number of likely N-dealkylation sites (tertiary alicyclic amines) is 2. The van der Waals surface area contributed by atoms with Crippen molar-refractivity contribution in [3.63, 3.8) is 0 Å². The summed E-state index contributed by atoms with van der Waals surface area (Å²) in [5.74, 6) is -5.20. The number of benzene rings is 1. The van der Waals surface area contributed by atoms with E-state index in [0.717, 1.165) is 22.4 Å². The van der Waals surface area contributed by atoms with Crippen LogP contribution in [0, 0.1) is 12.8 Å². The average Bonchev–Trinajstić information content (AvgIpc) is 3.69. The molecular weight excluding hydrogens is 608 g/mol. The fraction of sp³-hybridized carbons (Fsp3) is 0.385. The number of carbonyl (C=O) groups is 3. The van der Waals surface area contributed by atoms with E-state index in [4.69, 9.17) is 23.2 Å². The van der Waals surface area contributed by atoms with Crippen molar-refractivity contribution in [3.8, 4) is 0 Å². The number of nitrogens with zero attached hydrogens (tertiary/aromatic N) is 4. The Kier molecular flexibility index (Phi) is 8.24. The highest BCUT2D eigenvalue weighted by molar-refractivity contribution is 7.98. The normalized spacial score (nSPS) is 19.6. The van der Waals surface area contributed by atoms with Gasteiger partial charge in [0.25, 0.3) is 5.91 Å². The highest BCUT2D eigenvalue weighted by Gasteiger charge is 2.58. The van der Waals surface area contributed by atoms with Crippen LogP contribution in [0.4, 0.5) is 18.0 Å². The van der Waals surface area contributed by atoms with Gasteiger partial charge in [-0.1, -0.05) is 35.3 Å². The van der Waals surface area contributed by atoms with Crippen molar-refractivity contribution in [1.82, 2.24) is 19.6 Å². The summed E-state index contributed by atoms with van der Waals surface area (Å²) in [6.07, 6.45) is -3.34. The van der Waals surface area contributed by atoms with Crippen LogP contribution in [0.5, 0.6) is 0 Å². The maximum atomic E-state index is 14.3. The molecule has 2 fully saturated rings. The van der Waals surface area contributed by atoms with Gasteiger partial charge in [-0.25, -0.2) is 4.79 Å². The summed E-state index contributed by atoms with van der Waals surface area (Å²) >= 11 is 14.8. The first kappa shape index (κ1) is 29.0. The number of hydrogen-bond acceptors (Lipinski definition) is 6. The molecule has 0 radical (unpaired) electrons. The van der Waals surface area contributed by atoms with E-state index in [1.54, 1.807) is 18.2 Å². The SMILES string of the molecule is Cc1c(C2C(=O)N(C(=O)N3CCCC3)CC2C(F)(F)F)nn(C(=O)c2ccccc2Cl)c1SCc1ccc(Cl)s1. The summed E-state index contributed by atoms with van der Waals surface area (Å²) < 4.78 is 44.6. The van der Waals surface area contributed by atoms with Crippen molar-refractivity contribution in [2.45, 2.75) is 42.6 Å². The molecule has 2 saturated heterocycles. The fourth-order valence-electron chi connectivity index (χ4n) is 5.00. The first-order valence-corrected chi connectivity index (χ1v) is 15.0. The first-order chi connectivity index (χ1) is 19.0. The molecule has 2 atom stereocenters. The minimum Gasteiger partial charge on any atom is -0.324 e. The first-order valence-electron chi connectivity index (χ1n) is 12.4. The second-order valence-electron chi connectivity index (χ2n) is 9.56. The number of halogens is 5. The smallest absolute Gasteiger partial charge is 0.324 e. The van der Waals surface area contributed by atoms with Gasteiger partial charge < -0.3 is 4.90 Å². The van der Waals surface area contributed by atoms with Gasteiger partial charge in [0.05, 0.1) is 32.5 Å². The molecule has 14 heteroatoms. The van der Waals surface area contributed by atoms with Crippen molar-refractivity contribution in [2.75, 3.05) is 19.6 Å². The third-order valence-corrected chi connectivity index (χ3v) is 9.97. The van der Waals surface area contributed by atoms with Crippen LogP contribution < -0.4 is 0 Å². The largest absolute Gasteiger partial charge is 0.394 e.